The number of rotatable bonds is 10. The molecule has 0 N–H and O–H groups in total. The van der Waals surface area contributed by atoms with E-state index in [2.05, 4.69) is 0 Å². The number of carbonyl (C=O) groups excluding carboxylic acids is 4. The molecular weight excluding hydrogens is 642 g/mol. The van der Waals surface area contributed by atoms with E-state index >= 15 is 0 Å². The lowest BCUT2D eigenvalue weighted by Gasteiger charge is -2.40. The van der Waals surface area contributed by atoms with Gasteiger partial charge in [-0.3, -0.25) is 28.5 Å². The Morgan fingerprint density at radius 2 is 1.02 bits per heavy atom. The quantitative estimate of drug-likeness (QED) is 0.163. The van der Waals surface area contributed by atoms with Crippen LogP contribution in [0.15, 0.2) is 120 Å². The van der Waals surface area contributed by atoms with Crippen LogP contribution in [0.2, 0.25) is 0 Å². The highest BCUT2D eigenvalue weighted by Gasteiger charge is 2.55. The molecule has 2 aliphatic rings. The normalized spacial score (nSPS) is 20.9. The Morgan fingerprint density at radius 3 is 1.45 bits per heavy atom. The van der Waals surface area contributed by atoms with Gasteiger partial charge in [0.15, 0.2) is 29.4 Å². The zero-order chi connectivity index (χ0) is 34.7. The van der Waals surface area contributed by atoms with Crippen molar-refractivity contribution < 1.29 is 23.6 Å². The maximum Gasteiger partial charge on any atom is 0.248 e. The molecule has 4 bridgehead atoms. The lowest BCUT2D eigenvalue weighted by Crippen LogP contribution is -2.54. The Kier molecular flexibility index (Phi) is 7.34. The van der Waals surface area contributed by atoms with Crippen LogP contribution in [0.4, 0.5) is 0 Å². The first-order chi connectivity index (χ1) is 25.0. The number of likely N-dealkylation sites (tertiary alicyclic amines) is 2. The van der Waals surface area contributed by atoms with Crippen LogP contribution in [0, 0.1) is 0 Å². The minimum absolute atomic E-state index is 0.0562. The van der Waals surface area contributed by atoms with Crippen molar-refractivity contribution >= 4 is 46.5 Å². The van der Waals surface area contributed by atoms with Gasteiger partial charge in [0.05, 0.1) is 18.3 Å². The fourth-order valence-electron chi connectivity index (χ4n) is 8.75. The molecule has 7 heterocycles. The van der Waals surface area contributed by atoms with Crippen molar-refractivity contribution in [3.63, 3.8) is 0 Å². The first kappa shape index (κ1) is 31.3. The van der Waals surface area contributed by atoms with Gasteiger partial charge >= 0.3 is 0 Å². The highest BCUT2D eigenvalue weighted by Crippen LogP contribution is 2.45. The van der Waals surface area contributed by atoms with E-state index in [9.17, 15) is 19.2 Å². The Balaban J connectivity index is 1.19. The molecule has 0 spiro atoms. The van der Waals surface area contributed by atoms with Crippen LogP contribution in [0.5, 0.6) is 0 Å². The third kappa shape index (κ3) is 4.46. The number of nitrogens with zero attached hydrogens (tertiary/aromatic N) is 5. The van der Waals surface area contributed by atoms with E-state index in [0.717, 1.165) is 34.6 Å². The second kappa shape index (κ2) is 12.0. The summed E-state index contributed by atoms with van der Waals surface area (Å²) in [5, 5.41) is 0. The Hall–Kier alpha value is -5.71. The topological polar surface area (TPSA) is 111 Å². The fourth-order valence-corrected chi connectivity index (χ4v) is 8.75. The average molecular weight is 678 g/mol. The van der Waals surface area contributed by atoms with Crippen molar-refractivity contribution in [2.24, 2.45) is 0 Å². The van der Waals surface area contributed by atoms with Gasteiger partial charge in [-0.1, -0.05) is 60.7 Å². The number of carbonyl (C=O) groups is 4. The summed E-state index contributed by atoms with van der Waals surface area (Å²) in [6.45, 7) is 0.895. The van der Waals surface area contributed by atoms with Gasteiger partial charge in [-0.25, -0.2) is 4.98 Å². The zero-order valence-corrected chi connectivity index (χ0v) is 27.8. The first-order valence-electron chi connectivity index (χ1n) is 17.4. The summed E-state index contributed by atoms with van der Waals surface area (Å²) in [7, 11) is 0. The van der Waals surface area contributed by atoms with Crippen molar-refractivity contribution in [2.45, 2.75) is 48.8 Å². The molecule has 2 aliphatic heterocycles. The van der Waals surface area contributed by atoms with Crippen LogP contribution < -0.4 is 0 Å². The van der Waals surface area contributed by atoms with E-state index in [1.165, 1.54) is 6.20 Å². The fraction of sp³-hybridized carbons (Fsp3) is 0.244. The van der Waals surface area contributed by atoms with Crippen LogP contribution >= 0.6 is 0 Å². The second-order valence-electron chi connectivity index (χ2n) is 13.6. The monoisotopic (exact) mass is 677 g/mol. The summed E-state index contributed by atoms with van der Waals surface area (Å²) in [4.78, 5) is 64.8. The Labute approximate surface area is 293 Å². The highest BCUT2D eigenvalue weighted by atomic mass is 16.4. The Bertz CT molecular complexity index is 2100. The van der Waals surface area contributed by atoms with Gasteiger partial charge in [-0.15, -0.1) is 0 Å². The number of aromatic nitrogens is 3. The van der Waals surface area contributed by atoms with E-state index in [4.69, 9.17) is 9.40 Å². The molecule has 10 heteroatoms. The van der Waals surface area contributed by atoms with Crippen LogP contribution in [-0.4, -0.2) is 73.5 Å². The number of hydrogen-bond acceptors (Lipinski definition) is 8. The summed E-state index contributed by atoms with van der Waals surface area (Å²) in [5.74, 6) is 0.0123. The molecule has 0 saturated carbocycles. The molecule has 254 valence electrons. The molecule has 2 saturated heterocycles. The summed E-state index contributed by atoms with van der Waals surface area (Å²) < 4.78 is 10.2. The summed E-state index contributed by atoms with van der Waals surface area (Å²) in [6.07, 6.45) is 5.63. The molecule has 0 amide bonds. The Morgan fingerprint density at radius 1 is 0.608 bits per heavy atom. The van der Waals surface area contributed by atoms with E-state index in [1.54, 1.807) is 9.13 Å². The molecule has 2 aromatic carbocycles. The lowest BCUT2D eigenvalue weighted by molar-refractivity contribution is -0.118. The molecule has 7 aromatic rings. The van der Waals surface area contributed by atoms with Crippen LogP contribution in [0.1, 0.15) is 58.1 Å². The highest BCUT2D eigenvalue weighted by molar-refractivity contribution is 5.97. The van der Waals surface area contributed by atoms with Crippen molar-refractivity contribution in [1.29, 1.82) is 0 Å². The van der Waals surface area contributed by atoms with Crippen LogP contribution in [0.3, 0.4) is 0 Å². The molecular formula is C41H35N5O5. The van der Waals surface area contributed by atoms with Crippen molar-refractivity contribution in [2.75, 3.05) is 13.1 Å². The third-order valence-corrected chi connectivity index (χ3v) is 11.1. The standard InChI is InChI=1S/C41H35N5O5/c47-26-40(28-9-3-1-4-10-28,43-23-7-13-34(43)37(49)45-30-15-16-31(45)18-17-30)36-25-42-39(51-36)41(27-48,29-11-5-2-6-12-29)44-24-8-14-35(44)38(50)46-32-19-20-33(46)22-21-32/h1-6,9-12,15-22,25-27,34-35H,7-8,13-14,23-24H2/t34?,35?,40?,41-/m1/s1. The molecule has 0 radical (unpaired) electrons. The first-order valence-corrected chi connectivity index (χ1v) is 17.4. The van der Waals surface area contributed by atoms with Gasteiger partial charge < -0.3 is 14.0 Å². The van der Waals surface area contributed by atoms with Crippen molar-refractivity contribution in [3.05, 3.63) is 138 Å². The van der Waals surface area contributed by atoms with E-state index in [-0.39, 0.29) is 23.5 Å². The van der Waals surface area contributed by atoms with Gasteiger partial charge in [-0.2, -0.15) is 0 Å². The SMILES string of the molecule is O=CC(c1ccccc1)(c1cnc([C@@](C=O)(c2ccccc2)N2CCCC2C(=O)n2c3ccc2cc3)o1)N1CCCC1C(=O)n1c2ccc1cc2. The number of fused-ring (bicyclic) bond motifs is 4. The molecule has 10 nitrogen and oxygen atoms in total. The minimum Gasteiger partial charge on any atom is -0.440 e. The number of benzene rings is 4. The summed E-state index contributed by atoms with van der Waals surface area (Å²) in [6, 6.07) is 32.5. The molecule has 4 atom stereocenters. The predicted octanol–water partition coefficient (Wildman–Crippen LogP) is 5.95. The van der Waals surface area contributed by atoms with Gasteiger partial charge in [0.1, 0.15) is 0 Å². The molecule has 9 rings (SSSR count). The van der Waals surface area contributed by atoms with Gasteiger partial charge in [-0.05, 0) is 85.3 Å². The molecule has 2 fully saturated rings. The van der Waals surface area contributed by atoms with E-state index < -0.39 is 23.2 Å². The largest absolute Gasteiger partial charge is 0.440 e. The van der Waals surface area contributed by atoms with Crippen LogP contribution in [-0.2, 0) is 20.7 Å². The van der Waals surface area contributed by atoms with Gasteiger partial charge in [0, 0.05) is 35.2 Å². The number of oxazole rings is 1. The number of hydrogen-bond donors (Lipinski definition) is 0. The smallest absolute Gasteiger partial charge is 0.248 e. The predicted molar refractivity (Wildman–Crippen MR) is 190 cm³/mol. The number of aldehydes is 2. The maximum atomic E-state index is 14.3. The maximum absolute atomic E-state index is 14.3. The summed E-state index contributed by atoms with van der Waals surface area (Å²) >= 11 is 0. The zero-order valence-electron chi connectivity index (χ0n) is 27.8. The molecule has 0 aliphatic carbocycles. The third-order valence-electron chi connectivity index (χ3n) is 11.1. The second-order valence-corrected chi connectivity index (χ2v) is 13.6. The molecule has 5 aromatic heterocycles. The van der Waals surface area contributed by atoms with Crippen LogP contribution in [0.25, 0.3) is 22.1 Å². The average Bonchev–Trinajstić information content (AvgIpc) is 4.04. The van der Waals surface area contributed by atoms with Crippen molar-refractivity contribution in [1.82, 2.24) is 23.9 Å². The molecule has 51 heavy (non-hydrogen) atoms. The molecule has 3 unspecified atom stereocenters. The lowest BCUT2D eigenvalue weighted by atomic mass is 9.86. The van der Waals surface area contributed by atoms with Gasteiger partial charge in [0.25, 0.3) is 0 Å². The minimum atomic E-state index is -1.59. The van der Waals surface area contributed by atoms with E-state index in [1.807, 2.05) is 119 Å². The summed E-state index contributed by atoms with van der Waals surface area (Å²) in [5.41, 5.74) is 1.30. The van der Waals surface area contributed by atoms with Gasteiger partial charge in [0.2, 0.25) is 17.7 Å². The van der Waals surface area contributed by atoms with Crippen molar-refractivity contribution in [3.8, 4) is 0 Å². The van der Waals surface area contributed by atoms with E-state index in [0.29, 0.717) is 49.9 Å².